The van der Waals surface area contributed by atoms with Crippen molar-refractivity contribution in [3.63, 3.8) is 0 Å². The molecule has 2 N–H and O–H groups in total. The van der Waals surface area contributed by atoms with Gasteiger partial charge < -0.3 is 15.5 Å². The number of urea groups is 1. The molecule has 1 aliphatic rings. The van der Waals surface area contributed by atoms with E-state index < -0.39 is 0 Å². The number of nitrogens with zero attached hydrogens (tertiary/aromatic N) is 1. The summed E-state index contributed by atoms with van der Waals surface area (Å²) in [6.45, 7) is 4.49. The van der Waals surface area contributed by atoms with Gasteiger partial charge in [-0.1, -0.05) is 12.1 Å². The molecule has 3 amide bonds. The molecule has 0 aliphatic carbocycles. The van der Waals surface area contributed by atoms with E-state index in [0.717, 1.165) is 22.5 Å². The molecule has 0 saturated heterocycles. The number of anilines is 2. The Kier molecular flexibility index (Phi) is 4.34. The molecule has 0 radical (unpaired) electrons. The van der Waals surface area contributed by atoms with Crippen LogP contribution in [0.15, 0.2) is 35.7 Å². The lowest BCUT2D eigenvalue weighted by Crippen LogP contribution is -2.34. The van der Waals surface area contributed by atoms with Crippen LogP contribution in [0.3, 0.4) is 0 Å². The van der Waals surface area contributed by atoms with Gasteiger partial charge in [0.15, 0.2) is 0 Å². The smallest absolute Gasteiger partial charge is 0.319 e. The SMILES string of the molecule is CC(C)NC(=O)Nc1ccc2c(c1)N(C(=O)c1cccs1)CC2. The maximum Gasteiger partial charge on any atom is 0.319 e. The first kappa shape index (κ1) is 15.6. The number of carbonyl (C=O) groups excluding carboxylic acids is 2. The first-order valence-corrected chi connectivity index (χ1v) is 8.48. The lowest BCUT2D eigenvalue weighted by atomic mass is 10.1. The van der Waals surface area contributed by atoms with Crippen molar-refractivity contribution in [2.75, 3.05) is 16.8 Å². The fourth-order valence-electron chi connectivity index (χ4n) is 2.63. The third kappa shape index (κ3) is 3.37. The van der Waals surface area contributed by atoms with Crippen LogP contribution in [0, 0.1) is 0 Å². The minimum atomic E-state index is -0.242. The van der Waals surface area contributed by atoms with Gasteiger partial charge in [0.25, 0.3) is 5.91 Å². The molecule has 0 fully saturated rings. The summed E-state index contributed by atoms with van der Waals surface area (Å²) in [6, 6.07) is 9.26. The van der Waals surface area contributed by atoms with E-state index in [0.29, 0.717) is 12.2 Å². The van der Waals surface area contributed by atoms with Gasteiger partial charge in [0, 0.05) is 24.0 Å². The standard InChI is InChI=1S/C17H19N3O2S/c1-11(2)18-17(22)19-13-6-5-12-7-8-20(14(12)10-13)16(21)15-4-3-9-23-15/h3-6,9-11H,7-8H2,1-2H3,(H2,18,19,22). The van der Waals surface area contributed by atoms with Crippen molar-refractivity contribution in [2.45, 2.75) is 26.3 Å². The zero-order valence-corrected chi connectivity index (χ0v) is 13.9. The minimum absolute atomic E-state index is 0.0162. The Hall–Kier alpha value is -2.34. The van der Waals surface area contributed by atoms with Gasteiger partial charge in [-0.3, -0.25) is 4.79 Å². The largest absolute Gasteiger partial charge is 0.336 e. The molecule has 3 rings (SSSR count). The molecule has 0 spiro atoms. The predicted molar refractivity (Wildman–Crippen MR) is 93.4 cm³/mol. The predicted octanol–water partition coefficient (Wildman–Crippen LogP) is 3.48. The number of nitrogens with one attached hydrogen (secondary N) is 2. The van der Waals surface area contributed by atoms with E-state index in [9.17, 15) is 9.59 Å². The number of thiophene rings is 1. The average molecular weight is 329 g/mol. The van der Waals surface area contributed by atoms with Gasteiger partial charge >= 0.3 is 6.03 Å². The van der Waals surface area contributed by atoms with Crippen LogP contribution < -0.4 is 15.5 Å². The van der Waals surface area contributed by atoms with Crippen molar-refractivity contribution in [2.24, 2.45) is 0 Å². The van der Waals surface area contributed by atoms with Gasteiger partial charge in [-0.05, 0) is 49.4 Å². The van der Waals surface area contributed by atoms with Gasteiger partial charge in [-0.2, -0.15) is 0 Å². The Labute approximate surface area is 139 Å². The quantitative estimate of drug-likeness (QED) is 0.905. The van der Waals surface area contributed by atoms with E-state index in [-0.39, 0.29) is 18.0 Å². The molecule has 0 atom stereocenters. The van der Waals surface area contributed by atoms with Gasteiger partial charge in [0.2, 0.25) is 0 Å². The van der Waals surface area contributed by atoms with E-state index in [2.05, 4.69) is 10.6 Å². The Morgan fingerprint density at radius 2 is 2.09 bits per heavy atom. The van der Waals surface area contributed by atoms with Gasteiger partial charge in [-0.15, -0.1) is 11.3 Å². The summed E-state index contributed by atoms with van der Waals surface area (Å²) in [4.78, 5) is 26.9. The van der Waals surface area contributed by atoms with Crippen LogP contribution in [0.2, 0.25) is 0 Å². The van der Waals surface area contributed by atoms with Crippen molar-refractivity contribution >= 4 is 34.6 Å². The normalized spacial score (nSPS) is 13.1. The van der Waals surface area contributed by atoms with Crippen molar-refractivity contribution in [3.05, 3.63) is 46.2 Å². The molecule has 0 bridgehead atoms. The maximum atomic E-state index is 12.6. The number of fused-ring (bicyclic) bond motifs is 1. The molecule has 2 aromatic rings. The lowest BCUT2D eigenvalue weighted by molar-refractivity contribution is 0.0993. The van der Waals surface area contributed by atoms with Crippen LogP contribution in [0.4, 0.5) is 16.2 Å². The number of hydrogen-bond acceptors (Lipinski definition) is 3. The van der Waals surface area contributed by atoms with E-state index in [1.165, 1.54) is 11.3 Å². The van der Waals surface area contributed by atoms with Crippen molar-refractivity contribution in [3.8, 4) is 0 Å². The van der Waals surface area contributed by atoms with Crippen LogP contribution in [-0.4, -0.2) is 24.5 Å². The summed E-state index contributed by atoms with van der Waals surface area (Å²) in [5, 5.41) is 7.50. The van der Waals surface area contributed by atoms with E-state index in [1.54, 1.807) is 4.90 Å². The molecule has 1 aromatic carbocycles. The van der Waals surface area contributed by atoms with Crippen LogP contribution in [-0.2, 0) is 6.42 Å². The highest BCUT2D eigenvalue weighted by atomic mass is 32.1. The van der Waals surface area contributed by atoms with Gasteiger partial charge in [0.05, 0.1) is 4.88 Å². The number of rotatable bonds is 3. The molecule has 5 nitrogen and oxygen atoms in total. The van der Waals surface area contributed by atoms with Crippen molar-refractivity contribution in [1.82, 2.24) is 5.32 Å². The molecule has 120 valence electrons. The molecular formula is C17H19N3O2S. The molecule has 1 aliphatic heterocycles. The number of carbonyl (C=O) groups is 2. The summed E-state index contributed by atoms with van der Waals surface area (Å²) in [5.41, 5.74) is 2.70. The fraction of sp³-hybridized carbons (Fsp3) is 0.294. The van der Waals surface area contributed by atoms with Crippen molar-refractivity contribution in [1.29, 1.82) is 0 Å². The Balaban J connectivity index is 1.80. The third-order valence-corrected chi connectivity index (χ3v) is 4.49. The monoisotopic (exact) mass is 329 g/mol. The third-order valence-electron chi connectivity index (χ3n) is 3.64. The zero-order valence-electron chi connectivity index (χ0n) is 13.1. The first-order valence-electron chi connectivity index (χ1n) is 7.60. The van der Waals surface area contributed by atoms with Gasteiger partial charge in [0.1, 0.15) is 0 Å². The average Bonchev–Trinajstić information content (AvgIpc) is 3.15. The Bertz CT molecular complexity index is 725. The molecule has 0 unspecified atom stereocenters. The highest BCUT2D eigenvalue weighted by Crippen LogP contribution is 2.32. The second kappa shape index (κ2) is 6.42. The Morgan fingerprint density at radius 1 is 1.26 bits per heavy atom. The number of amides is 3. The summed E-state index contributed by atoms with van der Waals surface area (Å²) >= 11 is 1.44. The summed E-state index contributed by atoms with van der Waals surface area (Å²) < 4.78 is 0. The van der Waals surface area contributed by atoms with Crippen LogP contribution in [0.1, 0.15) is 29.1 Å². The molecule has 6 heteroatoms. The van der Waals surface area contributed by atoms with E-state index in [4.69, 9.17) is 0 Å². The molecule has 2 heterocycles. The molecule has 0 saturated carbocycles. The highest BCUT2D eigenvalue weighted by molar-refractivity contribution is 7.12. The number of hydrogen-bond donors (Lipinski definition) is 2. The van der Waals surface area contributed by atoms with Crippen LogP contribution >= 0.6 is 11.3 Å². The van der Waals surface area contributed by atoms with Gasteiger partial charge in [-0.25, -0.2) is 4.79 Å². The van der Waals surface area contributed by atoms with E-state index in [1.807, 2.05) is 49.6 Å². The van der Waals surface area contributed by atoms with Crippen LogP contribution in [0.25, 0.3) is 0 Å². The second-order valence-corrected chi connectivity index (χ2v) is 6.73. The summed E-state index contributed by atoms with van der Waals surface area (Å²) in [7, 11) is 0. The highest BCUT2D eigenvalue weighted by Gasteiger charge is 2.26. The van der Waals surface area contributed by atoms with E-state index >= 15 is 0 Å². The zero-order chi connectivity index (χ0) is 16.4. The second-order valence-electron chi connectivity index (χ2n) is 5.78. The number of benzene rings is 1. The minimum Gasteiger partial charge on any atom is -0.336 e. The maximum absolute atomic E-state index is 12.6. The summed E-state index contributed by atoms with van der Waals surface area (Å²) in [6.07, 6.45) is 0.838. The molecular weight excluding hydrogens is 310 g/mol. The topological polar surface area (TPSA) is 61.4 Å². The molecule has 1 aromatic heterocycles. The fourth-order valence-corrected chi connectivity index (χ4v) is 3.30. The Morgan fingerprint density at radius 3 is 2.78 bits per heavy atom. The van der Waals surface area contributed by atoms with Crippen LogP contribution in [0.5, 0.6) is 0 Å². The van der Waals surface area contributed by atoms with Crippen molar-refractivity contribution < 1.29 is 9.59 Å². The summed E-state index contributed by atoms with van der Waals surface area (Å²) in [5.74, 6) is 0.0162. The lowest BCUT2D eigenvalue weighted by Gasteiger charge is -2.17. The molecule has 23 heavy (non-hydrogen) atoms. The first-order chi connectivity index (χ1) is 11.0.